The highest BCUT2D eigenvalue weighted by molar-refractivity contribution is 6.36. The van der Waals surface area contributed by atoms with Crippen LogP contribution in [0.25, 0.3) is 11.4 Å². The highest BCUT2D eigenvalue weighted by Crippen LogP contribution is 2.33. The SMILES string of the molecule is O=C1NC(=O)c2c1ccc(Cl)c2-c1ncccn1. The maximum absolute atomic E-state index is 11.8. The summed E-state index contributed by atoms with van der Waals surface area (Å²) in [4.78, 5) is 31.5. The third-order valence-electron chi connectivity index (χ3n) is 2.64. The predicted octanol–water partition coefficient (Wildman–Crippen LogP) is 1.68. The third-order valence-corrected chi connectivity index (χ3v) is 2.96. The second-order valence-electron chi connectivity index (χ2n) is 3.70. The molecule has 1 N–H and O–H groups in total. The van der Waals surface area contributed by atoms with Crippen molar-refractivity contribution in [3.63, 3.8) is 0 Å². The van der Waals surface area contributed by atoms with Crippen molar-refractivity contribution in [3.8, 4) is 11.4 Å². The summed E-state index contributed by atoms with van der Waals surface area (Å²) >= 11 is 6.08. The Kier molecular flexibility index (Phi) is 2.34. The minimum Gasteiger partial charge on any atom is -0.288 e. The van der Waals surface area contributed by atoms with Crippen LogP contribution in [0.1, 0.15) is 20.7 Å². The molecule has 0 radical (unpaired) electrons. The molecule has 2 amide bonds. The summed E-state index contributed by atoms with van der Waals surface area (Å²) in [6.07, 6.45) is 3.10. The van der Waals surface area contributed by atoms with Gasteiger partial charge in [-0.1, -0.05) is 11.6 Å². The van der Waals surface area contributed by atoms with Crippen molar-refractivity contribution in [1.82, 2.24) is 15.3 Å². The number of benzene rings is 1. The van der Waals surface area contributed by atoms with Crippen molar-refractivity contribution in [1.29, 1.82) is 0 Å². The molecule has 3 rings (SSSR count). The van der Waals surface area contributed by atoms with Crippen LogP contribution in [0, 0.1) is 0 Å². The van der Waals surface area contributed by atoms with Crippen LogP contribution in [0.2, 0.25) is 5.02 Å². The fraction of sp³-hybridized carbons (Fsp3) is 0. The van der Waals surface area contributed by atoms with Gasteiger partial charge >= 0.3 is 0 Å². The number of carbonyl (C=O) groups excluding carboxylic acids is 2. The normalized spacial score (nSPS) is 13.4. The highest BCUT2D eigenvalue weighted by Gasteiger charge is 2.31. The van der Waals surface area contributed by atoms with Gasteiger partial charge in [-0.2, -0.15) is 0 Å². The smallest absolute Gasteiger partial charge is 0.259 e. The summed E-state index contributed by atoms with van der Waals surface area (Å²) in [7, 11) is 0. The second-order valence-corrected chi connectivity index (χ2v) is 4.11. The number of hydrogen-bond acceptors (Lipinski definition) is 4. The summed E-state index contributed by atoms with van der Waals surface area (Å²) in [5.41, 5.74) is 0.920. The molecule has 2 heterocycles. The van der Waals surface area contributed by atoms with E-state index in [1.54, 1.807) is 24.5 Å². The van der Waals surface area contributed by atoms with Gasteiger partial charge in [0.1, 0.15) is 0 Å². The molecule has 0 saturated heterocycles. The molecule has 0 atom stereocenters. The first-order chi connectivity index (χ1) is 8.68. The molecule has 6 heteroatoms. The average Bonchev–Trinajstić information content (AvgIpc) is 2.66. The van der Waals surface area contributed by atoms with Gasteiger partial charge in [0.05, 0.1) is 21.7 Å². The van der Waals surface area contributed by atoms with E-state index in [0.717, 1.165) is 0 Å². The van der Waals surface area contributed by atoms with Crippen molar-refractivity contribution in [2.24, 2.45) is 0 Å². The topological polar surface area (TPSA) is 72.0 Å². The van der Waals surface area contributed by atoms with E-state index in [1.165, 1.54) is 6.07 Å². The quantitative estimate of drug-likeness (QED) is 0.791. The van der Waals surface area contributed by atoms with E-state index in [2.05, 4.69) is 15.3 Å². The lowest BCUT2D eigenvalue weighted by molar-refractivity contribution is 0.0880. The molecule has 1 aromatic heterocycles. The largest absolute Gasteiger partial charge is 0.288 e. The van der Waals surface area contributed by atoms with E-state index < -0.39 is 11.8 Å². The summed E-state index contributed by atoms with van der Waals surface area (Å²) in [5.74, 6) is -0.576. The van der Waals surface area contributed by atoms with Gasteiger partial charge in [0.2, 0.25) is 0 Å². The Morgan fingerprint density at radius 3 is 2.44 bits per heavy atom. The maximum atomic E-state index is 11.8. The van der Waals surface area contributed by atoms with Crippen LogP contribution in [0.4, 0.5) is 0 Å². The number of imide groups is 1. The standard InChI is InChI=1S/C12H6ClN3O2/c13-7-3-2-6-8(12(18)16-11(6)17)9(7)10-14-4-1-5-15-10/h1-5H,(H,16,17,18). The number of aromatic nitrogens is 2. The van der Waals surface area contributed by atoms with Gasteiger partial charge in [-0.15, -0.1) is 0 Å². The van der Waals surface area contributed by atoms with Crippen molar-refractivity contribution in [2.75, 3.05) is 0 Å². The van der Waals surface area contributed by atoms with Gasteiger partial charge in [0, 0.05) is 12.4 Å². The molecule has 0 aliphatic carbocycles. The zero-order chi connectivity index (χ0) is 12.7. The molecule has 0 saturated carbocycles. The van der Waals surface area contributed by atoms with Crippen LogP contribution < -0.4 is 5.32 Å². The molecule has 88 valence electrons. The molecular formula is C12H6ClN3O2. The zero-order valence-corrected chi connectivity index (χ0v) is 9.73. The highest BCUT2D eigenvalue weighted by atomic mass is 35.5. The van der Waals surface area contributed by atoms with E-state index >= 15 is 0 Å². The number of rotatable bonds is 1. The summed E-state index contributed by atoms with van der Waals surface area (Å²) < 4.78 is 0. The molecule has 1 aromatic carbocycles. The Bertz CT molecular complexity index is 671. The Morgan fingerprint density at radius 2 is 1.72 bits per heavy atom. The third kappa shape index (κ3) is 1.48. The van der Waals surface area contributed by atoms with Gasteiger partial charge < -0.3 is 0 Å². The van der Waals surface area contributed by atoms with E-state index in [9.17, 15) is 9.59 Å². The van der Waals surface area contributed by atoms with Gasteiger partial charge in [-0.3, -0.25) is 14.9 Å². The molecular weight excluding hydrogens is 254 g/mol. The Morgan fingerprint density at radius 1 is 1.00 bits per heavy atom. The lowest BCUT2D eigenvalue weighted by Crippen LogP contribution is -2.20. The summed E-state index contributed by atoms with van der Waals surface area (Å²) in [5, 5.41) is 2.57. The number of amides is 2. The Hall–Kier alpha value is -2.27. The number of nitrogens with one attached hydrogen (secondary N) is 1. The van der Waals surface area contributed by atoms with Crippen molar-refractivity contribution < 1.29 is 9.59 Å². The maximum Gasteiger partial charge on any atom is 0.259 e. The van der Waals surface area contributed by atoms with Crippen LogP contribution in [0.15, 0.2) is 30.6 Å². The lowest BCUT2D eigenvalue weighted by atomic mass is 10.0. The molecule has 1 aliphatic heterocycles. The first-order valence-electron chi connectivity index (χ1n) is 5.14. The predicted molar refractivity (Wildman–Crippen MR) is 64.3 cm³/mol. The van der Waals surface area contributed by atoms with Crippen molar-refractivity contribution in [2.45, 2.75) is 0 Å². The summed E-state index contributed by atoms with van der Waals surface area (Å²) in [6.45, 7) is 0. The zero-order valence-electron chi connectivity index (χ0n) is 8.98. The van der Waals surface area contributed by atoms with Gasteiger partial charge in [0.25, 0.3) is 11.8 Å². The molecule has 0 fully saturated rings. The summed E-state index contributed by atoms with van der Waals surface area (Å²) in [6, 6.07) is 4.74. The fourth-order valence-corrected chi connectivity index (χ4v) is 2.12. The number of carbonyl (C=O) groups is 2. The Balaban J connectivity index is 2.34. The van der Waals surface area contributed by atoms with Crippen LogP contribution in [0.5, 0.6) is 0 Å². The lowest BCUT2D eigenvalue weighted by Gasteiger charge is -2.06. The van der Waals surface area contributed by atoms with Crippen molar-refractivity contribution >= 4 is 23.4 Å². The first kappa shape index (κ1) is 10.9. The average molecular weight is 260 g/mol. The number of fused-ring (bicyclic) bond motifs is 1. The minimum atomic E-state index is -0.472. The fourth-order valence-electron chi connectivity index (χ4n) is 1.88. The van der Waals surface area contributed by atoms with Crippen LogP contribution in [0.3, 0.4) is 0 Å². The Labute approximate surface area is 107 Å². The molecule has 5 nitrogen and oxygen atoms in total. The van der Waals surface area contributed by atoms with E-state index in [1.807, 2.05) is 0 Å². The first-order valence-corrected chi connectivity index (χ1v) is 5.52. The van der Waals surface area contributed by atoms with Gasteiger partial charge in [0.15, 0.2) is 5.82 Å². The van der Waals surface area contributed by atoms with Gasteiger partial charge in [-0.25, -0.2) is 9.97 Å². The molecule has 1 aliphatic rings. The van der Waals surface area contributed by atoms with Crippen LogP contribution >= 0.6 is 11.6 Å². The molecule has 2 aromatic rings. The monoisotopic (exact) mass is 259 g/mol. The van der Waals surface area contributed by atoms with E-state index in [0.29, 0.717) is 22.0 Å². The number of hydrogen-bond donors (Lipinski definition) is 1. The molecule has 0 unspecified atom stereocenters. The molecule has 0 bridgehead atoms. The molecule has 18 heavy (non-hydrogen) atoms. The number of halogens is 1. The van der Waals surface area contributed by atoms with E-state index in [-0.39, 0.29) is 5.56 Å². The van der Waals surface area contributed by atoms with Crippen LogP contribution in [-0.4, -0.2) is 21.8 Å². The van der Waals surface area contributed by atoms with Gasteiger partial charge in [-0.05, 0) is 18.2 Å². The van der Waals surface area contributed by atoms with Crippen LogP contribution in [-0.2, 0) is 0 Å². The second kappa shape index (κ2) is 3.89. The molecule has 0 spiro atoms. The van der Waals surface area contributed by atoms with E-state index in [4.69, 9.17) is 11.6 Å². The minimum absolute atomic E-state index is 0.235. The number of nitrogens with zero attached hydrogens (tertiary/aromatic N) is 2. The van der Waals surface area contributed by atoms with Crippen molar-refractivity contribution in [3.05, 3.63) is 46.7 Å².